The Morgan fingerprint density at radius 3 is 2.73 bits per heavy atom. The summed E-state index contributed by atoms with van der Waals surface area (Å²) in [6.07, 6.45) is 1.80. The quantitative estimate of drug-likeness (QED) is 0.543. The van der Waals surface area contributed by atoms with E-state index < -0.39 is 5.95 Å². The number of carbonyl (C=O) groups is 1. The van der Waals surface area contributed by atoms with Crippen LogP contribution in [0.15, 0.2) is 12.1 Å². The van der Waals surface area contributed by atoms with Crippen molar-refractivity contribution in [1.82, 2.24) is 4.98 Å². The fourth-order valence-electron chi connectivity index (χ4n) is 2.28. The highest BCUT2D eigenvalue weighted by atomic mass is 19.1. The van der Waals surface area contributed by atoms with Gasteiger partial charge >= 0.3 is 0 Å². The number of piperidine rings is 1. The van der Waals surface area contributed by atoms with Crippen molar-refractivity contribution in [1.29, 1.82) is 0 Å². The molecule has 0 N–H and O–H groups in total. The lowest BCUT2D eigenvalue weighted by atomic mass is 10.3. The first-order valence-electron chi connectivity index (χ1n) is 5.14. The van der Waals surface area contributed by atoms with Crippen LogP contribution in [0.3, 0.4) is 0 Å². The van der Waals surface area contributed by atoms with Crippen molar-refractivity contribution in [3.63, 3.8) is 0 Å². The summed E-state index contributed by atoms with van der Waals surface area (Å²) in [5.41, 5.74) is 0.0307. The van der Waals surface area contributed by atoms with Gasteiger partial charge in [-0.15, -0.1) is 0 Å². The summed E-state index contributed by atoms with van der Waals surface area (Å²) in [6, 6.07) is 3.21. The van der Waals surface area contributed by atoms with Gasteiger partial charge in [0.05, 0.1) is 5.56 Å². The van der Waals surface area contributed by atoms with Gasteiger partial charge in [0.15, 0.2) is 6.29 Å². The molecule has 0 spiro atoms. The van der Waals surface area contributed by atoms with Crippen molar-refractivity contribution in [2.24, 2.45) is 11.8 Å². The number of pyridine rings is 1. The van der Waals surface area contributed by atoms with E-state index in [2.05, 4.69) is 9.88 Å². The van der Waals surface area contributed by atoms with Gasteiger partial charge in [-0.25, -0.2) is 4.98 Å². The Bertz CT molecular complexity index is 411. The van der Waals surface area contributed by atoms with Crippen molar-refractivity contribution in [2.75, 3.05) is 18.0 Å². The van der Waals surface area contributed by atoms with E-state index in [9.17, 15) is 9.18 Å². The standard InChI is InChI=1S/C11H11FN2O/c12-11-7(6-15)1-2-10(13-11)14-4-8-3-9(8)5-14/h1-2,6,8-9H,3-5H2. The molecule has 1 saturated heterocycles. The average Bonchev–Trinajstić information content (AvgIpc) is 2.86. The first-order chi connectivity index (χ1) is 7.28. The molecule has 0 bridgehead atoms. The zero-order valence-electron chi connectivity index (χ0n) is 8.19. The van der Waals surface area contributed by atoms with E-state index in [-0.39, 0.29) is 5.56 Å². The Morgan fingerprint density at radius 1 is 1.40 bits per heavy atom. The molecule has 2 unspecified atom stereocenters. The predicted molar refractivity (Wildman–Crippen MR) is 53.4 cm³/mol. The molecule has 2 aliphatic rings. The lowest BCUT2D eigenvalue weighted by Crippen LogP contribution is -2.23. The molecule has 0 amide bonds. The van der Waals surface area contributed by atoms with Crippen molar-refractivity contribution in [2.45, 2.75) is 6.42 Å². The number of aldehydes is 1. The lowest BCUT2D eigenvalue weighted by molar-refractivity contribution is 0.111. The van der Waals surface area contributed by atoms with E-state index in [1.54, 1.807) is 6.07 Å². The van der Waals surface area contributed by atoms with E-state index in [0.717, 1.165) is 24.9 Å². The minimum atomic E-state index is -0.664. The molecule has 1 saturated carbocycles. The molecular formula is C11H11FN2O. The van der Waals surface area contributed by atoms with Crippen LogP contribution in [-0.4, -0.2) is 24.4 Å². The monoisotopic (exact) mass is 206 g/mol. The highest BCUT2D eigenvalue weighted by molar-refractivity contribution is 5.75. The van der Waals surface area contributed by atoms with Gasteiger partial charge in [-0.05, 0) is 30.4 Å². The second kappa shape index (κ2) is 3.02. The van der Waals surface area contributed by atoms with E-state index in [0.29, 0.717) is 12.1 Å². The van der Waals surface area contributed by atoms with Crippen LogP contribution < -0.4 is 4.90 Å². The molecule has 3 nitrogen and oxygen atoms in total. The number of hydrogen-bond acceptors (Lipinski definition) is 3. The number of hydrogen-bond donors (Lipinski definition) is 0. The largest absolute Gasteiger partial charge is 0.356 e. The summed E-state index contributed by atoms with van der Waals surface area (Å²) < 4.78 is 13.2. The van der Waals surface area contributed by atoms with Crippen LogP contribution in [0.25, 0.3) is 0 Å². The fourth-order valence-corrected chi connectivity index (χ4v) is 2.28. The van der Waals surface area contributed by atoms with Gasteiger partial charge in [0.25, 0.3) is 0 Å². The predicted octanol–water partition coefficient (Wildman–Crippen LogP) is 1.49. The Hall–Kier alpha value is -1.45. The van der Waals surface area contributed by atoms with Gasteiger partial charge in [0.2, 0.25) is 5.95 Å². The molecule has 4 heteroatoms. The van der Waals surface area contributed by atoms with Crippen LogP contribution >= 0.6 is 0 Å². The fraction of sp³-hybridized carbons (Fsp3) is 0.455. The normalized spacial score (nSPS) is 27.7. The summed E-state index contributed by atoms with van der Waals surface area (Å²) >= 11 is 0. The number of aromatic nitrogens is 1. The maximum atomic E-state index is 13.2. The molecule has 15 heavy (non-hydrogen) atoms. The zero-order chi connectivity index (χ0) is 10.4. The average molecular weight is 206 g/mol. The molecule has 2 fully saturated rings. The van der Waals surface area contributed by atoms with E-state index in [1.807, 2.05) is 0 Å². The number of carbonyl (C=O) groups excluding carboxylic acids is 1. The van der Waals surface area contributed by atoms with Crippen LogP contribution in [-0.2, 0) is 0 Å². The summed E-state index contributed by atoms with van der Waals surface area (Å²) in [5.74, 6) is 1.58. The van der Waals surface area contributed by atoms with Gasteiger partial charge < -0.3 is 4.90 Å². The molecule has 1 aliphatic heterocycles. The van der Waals surface area contributed by atoms with Gasteiger partial charge in [-0.1, -0.05) is 0 Å². The van der Waals surface area contributed by atoms with E-state index in [4.69, 9.17) is 0 Å². The molecule has 1 aromatic rings. The zero-order valence-corrected chi connectivity index (χ0v) is 8.19. The third-order valence-electron chi connectivity index (χ3n) is 3.29. The Balaban J connectivity index is 1.86. The molecule has 0 aromatic carbocycles. The minimum absolute atomic E-state index is 0.0307. The van der Waals surface area contributed by atoms with Gasteiger partial charge in [-0.3, -0.25) is 4.79 Å². The molecule has 1 aromatic heterocycles. The van der Waals surface area contributed by atoms with E-state index in [1.165, 1.54) is 12.5 Å². The highest BCUT2D eigenvalue weighted by Crippen LogP contribution is 2.45. The summed E-state index contributed by atoms with van der Waals surface area (Å²) in [6.45, 7) is 1.97. The van der Waals surface area contributed by atoms with Crippen LogP contribution in [0.5, 0.6) is 0 Å². The van der Waals surface area contributed by atoms with Crippen LogP contribution in [0.2, 0.25) is 0 Å². The Morgan fingerprint density at radius 2 is 2.13 bits per heavy atom. The second-order valence-electron chi connectivity index (χ2n) is 4.33. The Labute approximate surface area is 86.9 Å². The van der Waals surface area contributed by atoms with Crippen molar-refractivity contribution in [3.8, 4) is 0 Å². The summed E-state index contributed by atoms with van der Waals surface area (Å²) in [7, 11) is 0. The van der Waals surface area contributed by atoms with Gasteiger partial charge in [-0.2, -0.15) is 4.39 Å². The topological polar surface area (TPSA) is 33.2 Å². The van der Waals surface area contributed by atoms with Crippen LogP contribution in [0.4, 0.5) is 10.2 Å². The third kappa shape index (κ3) is 1.40. The number of anilines is 1. The molecule has 2 heterocycles. The first-order valence-corrected chi connectivity index (χ1v) is 5.14. The maximum Gasteiger partial charge on any atom is 0.225 e. The molecule has 1 aliphatic carbocycles. The van der Waals surface area contributed by atoms with E-state index >= 15 is 0 Å². The SMILES string of the molecule is O=Cc1ccc(N2CC3CC3C2)nc1F. The molecule has 0 radical (unpaired) electrons. The molecule has 2 atom stereocenters. The summed E-state index contributed by atoms with van der Waals surface area (Å²) in [4.78, 5) is 16.3. The van der Waals surface area contributed by atoms with Gasteiger partial charge in [0.1, 0.15) is 5.82 Å². The number of nitrogens with zero attached hydrogens (tertiary/aromatic N) is 2. The smallest absolute Gasteiger partial charge is 0.225 e. The van der Waals surface area contributed by atoms with Crippen molar-refractivity contribution >= 4 is 12.1 Å². The van der Waals surface area contributed by atoms with Crippen LogP contribution in [0, 0.1) is 17.8 Å². The van der Waals surface area contributed by atoms with Crippen molar-refractivity contribution in [3.05, 3.63) is 23.6 Å². The molecule has 3 rings (SSSR count). The maximum absolute atomic E-state index is 13.2. The van der Waals surface area contributed by atoms with Crippen molar-refractivity contribution < 1.29 is 9.18 Å². The molecule has 78 valence electrons. The second-order valence-corrected chi connectivity index (χ2v) is 4.33. The number of rotatable bonds is 2. The third-order valence-corrected chi connectivity index (χ3v) is 3.29. The number of fused-ring (bicyclic) bond motifs is 1. The first kappa shape index (κ1) is 8.83. The Kier molecular flexibility index (Phi) is 1.78. The van der Waals surface area contributed by atoms with Crippen LogP contribution in [0.1, 0.15) is 16.8 Å². The highest BCUT2D eigenvalue weighted by Gasteiger charge is 2.45. The molecular weight excluding hydrogens is 195 g/mol. The van der Waals surface area contributed by atoms with Gasteiger partial charge in [0, 0.05) is 13.1 Å². The minimum Gasteiger partial charge on any atom is -0.356 e. The number of halogens is 1. The summed E-state index contributed by atoms with van der Waals surface area (Å²) in [5, 5.41) is 0. The lowest BCUT2D eigenvalue weighted by Gasteiger charge is -2.18.